The van der Waals surface area contributed by atoms with Crippen molar-refractivity contribution in [3.63, 3.8) is 0 Å². The smallest absolute Gasteiger partial charge is 0.322 e. The minimum atomic E-state index is -0.534. The summed E-state index contributed by atoms with van der Waals surface area (Å²) in [7, 11) is 1.36. The third-order valence-corrected chi connectivity index (χ3v) is 3.66. The van der Waals surface area contributed by atoms with Crippen LogP contribution >= 0.6 is 0 Å². The number of methoxy groups -OCH3 is 1. The van der Waals surface area contributed by atoms with Crippen molar-refractivity contribution in [2.75, 3.05) is 7.11 Å². The van der Waals surface area contributed by atoms with E-state index in [2.05, 4.69) is 4.74 Å². The van der Waals surface area contributed by atoms with Crippen molar-refractivity contribution in [3.05, 3.63) is 65.7 Å². The van der Waals surface area contributed by atoms with Gasteiger partial charge in [-0.05, 0) is 42.5 Å². The van der Waals surface area contributed by atoms with E-state index < -0.39 is 6.04 Å². The Kier molecular flexibility index (Phi) is 6.63. The lowest BCUT2D eigenvalue weighted by Crippen LogP contribution is -2.31. The number of carbonyl (C=O) groups excluding carboxylic acids is 1. The molecule has 0 saturated carbocycles. The van der Waals surface area contributed by atoms with Crippen LogP contribution in [-0.4, -0.2) is 19.1 Å². The molecule has 0 heterocycles. The lowest BCUT2D eigenvalue weighted by molar-refractivity contribution is -0.142. The molecule has 2 rings (SSSR count). The predicted octanol–water partition coefficient (Wildman–Crippen LogP) is 3.09. The van der Waals surface area contributed by atoms with E-state index in [1.54, 1.807) is 0 Å². The molecule has 0 aliphatic heterocycles. The van der Waals surface area contributed by atoms with Crippen molar-refractivity contribution >= 4 is 5.97 Å². The first kappa shape index (κ1) is 17.0. The zero-order valence-corrected chi connectivity index (χ0v) is 13.4. The van der Waals surface area contributed by atoms with Crippen molar-refractivity contribution in [2.24, 2.45) is 5.73 Å². The van der Waals surface area contributed by atoms with Gasteiger partial charge >= 0.3 is 5.97 Å². The number of aryl methyl sites for hydroxylation is 1. The highest BCUT2D eigenvalue weighted by atomic mass is 16.5. The first-order chi connectivity index (χ1) is 11.2. The summed E-state index contributed by atoms with van der Waals surface area (Å²) in [5.41, 5.74) is 8.07. The number of benzene rings is 2. The fourth-order valence-electron chi connectivity index (χ4n) is 2.29. The number of hydrogen-bond donors (Lipinski definition) is 1. The number of carbonyl (C=O) groups is 1. The highest BCUT2D eigenvalue weighted by Crippen LogP contribution is 2.16. The van der Waals surface area contributed by atoms with E-state index in [4.69, 9.17) is 10.5 Å². The SMILES string of the molecule is COC(=O)[C@@H](N)CCCc1ccc(OCc2ccccc2)cc1. The van der Waals surface area contributed by atoms with Gasteiger partial charge in [-0.25, -0.2) is 0 Å². The largest absolute Gasteiger partial charge is 0.489 e. The zero-order valence-electron chi connectivity index (χ0n) is 13.4. The average Bonchev–Trinajstić information content (AvgIpc) is 2.61. The molecule has 4 nitrogen and oxygen atoms in total. The fraction of sp³-hybridized carbons (Fsp3) is 0.316. The van der Waals surface area contributed by atoms with Gasteiger partial charge in [-0.15, -0.1) is 0 Å². The van der Waals surface area contributed by atoms with Gasteiger partial charge in [0.2, 0.25) is 0 Å². The monoisotopic (exact) mass is 313 g/mol. The second-order valence-electron chi connectivity index (χ2n) is 5.44. The molecule has 23 heavy (non-hydrogen) atoms. The minimum Gasteiger partial charge on any atom is -0.489 e. The van der Waals surface area contributed by atoms with E-state index in [1.165, 1.54) is 12.7 Å². The molecule has 0 unspecified atom stereocenters. The third-order valence-electron chi connectivity index (χ3n) is 3.66. The fourth-order valence-corrected chi connectivity index (χ4v) is 2.29. The molecule has 0 aliphatic rings. The quantitative estimate of drug-likeness (QED) is 0.761. The van der Waals surface area contributed by atoms with Gasteiger partial charge in [-0.1, -0.05) is 42.5 Å². The maximum Gasteiger partial charge on any atom is 0.322 e. The van der Waals surface area contributed by atoms with Gasteiger partial charge in [0.15, 0.2) is 0 Å². The van der Waals surface area contributed by atoms with E-state index >= 15 is 0 Å². The molecular weight excluding hydrogens is 290 g/mol. The van der Waals surface area contributed by atoms with Crippen LogP contribution in [0.3, 0.4) is 0 Å². The standard InChI is InChI=1S/C19H23NO3/c1-22-19(21)18(20)9-5-8-15-10-12-17(13-11-15)23-14-16-6-3-2-4-7-16/h2-4,6-7,10-13,18H,5,8-9,14,20H2,1H3/t18-/m0/s1. The summed E-state index contributed by atoms with van der Waals surface area (Å²) in [6.07, 6.45) is 2.35. The molecule has 0 aliphatic carbocycles. The summed E-state index contributed by atoms with van der Waals surface area (Å²) < 4.78 is 10.4. The molecule has 0 fully saturated rings. The molecule has 2 aromatic carbocycles. The first-order valence-corrected chi connectivity index (χ1v) is 7.78. The van der Waals surface area contributed by atoms with Crippen LogP contribution in [0.4, 0.5) is 0 Å². The summed E-state index contributed by atoms with van der Waals surface area (Å²) in [5.74, 6) is 0.499. The molecule has 122 valence electrons. The Bertz CT molecular complexity index is 596. The van der Waals surface area contributed by atoms with E-state index in [1.807, 2.05) is 54.6 Å². The van der Waals surface area contributed by atoms with Gasteiger partial charge in [-0.3, -0.25) is 4.79 Å². The Hall–Kier alpha value is -2.33. The summed E-state index contributed by atoms with van der Waals surface area (Å²) in [6, 6.07) is 17.6. The summed E-state index contributed by atoms with van der Waals surface area (Å²) in [5, 5.41) is 0. The van der Waals surface area contributed by atoms with E-state index in [0.29, 0.717) is 13.0 Å². The van der Waals surface area contributed by atoms with Crippen LogP contribution in [-0.2, 0) is 22.6 Å². The molecule has 0 bridgehead atoms. The Morgan fingerprint density at radius 3 is 2.39 bits per heavy atom. The number of ether oxygens (including phenoxy) is 2. The maximum absolute atomic E-state index is 11.2. The Balaban J connectivity index is 1.75. The highest BCUT2D eigenvalue weighted by Gasteiger charge is 2.12. The summed E-state index contributed by atoms with van der Waals surface area (Å²) >= 11 is 0. The molecule has 0 saturated heterocycles. The molecular formula is C19H23NO3. The van der Waals surface area contributed by atoms with E-state index in [-0.39, 0.29) is 5.97 Å². The summed E-state index contributed by atoms with van der Waals surface area (Å²) in [4.78, 5) is 11.2. The molecule has 0 spiro atoms. The molecule has 0 radical (unpaired) electrons. The van der Waals surface area contributed by atoms with E-state index in [0.717, 1.165) is 24.2 Å². The predicted molar refractivity (Wildman–Crippen MR) is 90.1 cm³/mol. The maximum atomic E-state index is 11.2. The van der Waals surface area contributed by atoms with Crippen LogP contribution in [0.5, 0.6) is 5.75 Å². The molecule has 2 aromatic rings. The third kappa shape index (κ3) is 5.75. The average molecular weight is 313 g/mol. The zero-order chi connectivity index (χ0) is 16.5. The van der Waals surface area contributed by atoms with Crippen molar-refractivity contribution in [1.82, 2.24) is 0 Å². The highest BCUT2D eigenvalue weighted by molar-refractivity contribution is 5.75. The van der Waals surface area contributed by atoms with Crippen LogP contribution in [0.2, 0.25) is 0 Å². The number of rotatable bonds is 8. The van der Waals surface area contributed by atoms with E-state index in [9.17, 15) is 4.79 Å². The molecule has 0 aromatic heterocycles. The minimum absolute atomic E-state index is 0.352. The summed E-state index contributed by atoms with van der Waals surface area (Å²) in [6.45, 7) is 0.564. The molecule has 2 N–H and O–H groups in total. The lowest BCUT2D eigenvalue weighted by Gasteiger charge is -2.09. The van der Waals surface area contributed by atoms with Crippen LogP contribution < -0.4 is 10.5 Å². The topological polar surface area (TPSA) is 61.5 Å². The van der Waals surface area contributed by atoms with Crippen molar-refractivity contribution in [2.45, 2.75) is 31.9 Å². The Labute approximate surface area is 137 Å². The van der Waals surface area contributed by atoms with Crippen molar-refractivity contribution in [3.8, 4) is 5.75 Å². The normalized spacial score (nSPS) is 11.7. The number of esters is 1. The van der Waals surface area contributed by atoms with Crippen LogP contribution in [0.25, 0.3) is 0 Å². The molecule has 0 amide bonds. The number of nitrogens with two attached hydrogens (primary N) is 1. The van der Waals surface area contributed by atoms with Gasteiger partial charge in [-0.2, -0.15) is 0 Å². The second kappa shape index (κ2) is 8.96. The molecule has 4 heteroatoms. The van der Waals surface area contributed by atoms with Crippen molar-refractivity contribution in [1.29, 1.82) is 0 Å². The Morgan fingerprint density at radius 2 is 1.74 bits per heavy atom. The van der Waals surface area contributed by atoms with Gasteiger partial charge in [0.25, 0.3) is 0 Å². The van der Waals surface area contributed by atoms with Gasteiger partial charge in [0.1, 0.15) is 18.4 Å². The van der Waals surface area contributed by atoms with Gasteiger partial charge < -0.3 is 15.2 Å². The number of hydrogen-bond acceptors (Lipinski definition) is 4. The first-order valence-electron chi connectivity index (χ1n) is 7.78. The van der Waals surface area contributed by atoms with Crippen LogP contribution in [0.15, 0.2) is 54.6 Å². The molecule has 1 atom stereocenters. The van der Waals surface area contributed by atoms with Crippen molar-refractivity contribution < 1.29 is 14.3 Å². The van der Waals surface area contributed by atoms with Crippen LogP contribution in [0.1, 0.15) is 24.0 Å². The van der Waals surface area contributed by atoms with Crippen LogP contribution in [0, 0.1) is 0 Å². The van der Waals surface area contributed by atoms with Gasteiger partial charge in [0.05, 0.1) is 7.11 Å². The Morgan fingerprint density at radius 1 is 1.04 bits per heavy atom. The van der Waals surface area contributed by atoms with Gasteiger partial charge in [0, 0.05) is 0 Å². The second-order valence-corrected chi connectivity index (χ2v) is 5.44. The lowest BCUT2D eigenvalue weighted by atomic mass is 10.1.